The number of ether oxygens (including phenoxy) is 1. The number of aliphatic imine (C=N–C) groups is 1. The van der Waals surface area contributed by atoms with Crippen molar-refractivity contribution in [1.29, 1.82) is 0 Å². The number of methoxy groups -OCH3 is 1. The SMILES string of the molecule is COc1cc(CNC(=O)c2nc3c(o2)N=CN(Cc2ccc(C(=O)O)cc2)C3)ccn1. The van der Waals surface area contributed by atoms with E-state index in [0.29, 0.717) is 30.5 Å². The van der Waals surface area contributed by atoms with Crippen LogP contribution in [-0.4, -0.2) is 45.3 Å². The number of carbonyl (C=O) groups excluding carboxylic acids is 1. The van der Waals surface area contributed by atoms with Crippen molar-refractivity contribution in [3.8, 4) is 5.88 Å². The number of amides is 1. The van der Waals surface area contributed by atoms with Crippen molar-refractivity contribution in [2.24, 2.45) is 4.99 Å². The number of carbonyl (C=O) groups is 2. The van der Waals surface area contributed by atoms with Crippen molar-refractivity contribution in [3.63, 3.8) is 0 Å². The van der Waals surface area contributed by atoms with Gasteiger partial charge in [-0.1, -0.05) is 12.1 Å². The van der Waals surface area contributed by atoms with E-state index in [-0.39, 0.29) is 18.0 Å². The van der Waals surface area contributed by atoms with Crippen molar-refractivity contribution >= 4 is 24.1 Å². The van der Waals surface area contributed by atoms with E-state index in [4.69, 9.17) is 14.3 Å². The highest BCUT2D eigenvalue weighted by molar-refractivity contribution is 5.90. The number of carboxylic acids is 1. The number of hydrogen-bond acceptors (Lipinski definition) is 8. The minimum Gasteiger partial charge on any atom is -0.481 e. The zero-order chi connectivity index (χ0) is 21.8. The van der Waals surface area contributed by atoms with Crippen molar-refractivity contribution in [2.45, 2.75) is 19.6 Å². The number of hydrogen-bond donors (Lipinski definition) is 2. The molecule has 1 aliphatic heterocycles. The van der Waals surface area contributed by atoms with E-state index in [1.54, 1.807) is 48.9 Å². The Bertz CT molecular complexity index is 1140. The van der Waals surface area contributed by atoms with Crippen LogP contribution in [0.5, 0.6) is 5.88 Å². The first-order chi connectivity index (χ1) is 15.0. The molecule has 1 amide bonds. The van der Waals surface area contributed by atoms with Crippen LogP contribution >= 0.6 is 0 Å². The van der Waals surface area contributed by atoms with Gasteiger partial charge in [0.1, 0.15) is 5.69 Å². The largest absolute Gasteiger partial charge is 0.481 e. The molecule has 0 fully saturated rings. The van der Waals surface area contributed by atoms with E-state index >= 15 is 0 Å². The second kappa shape index (κ2) is 8.66. The third kappa shape index (κ3) is 4.69. The second-order valence-electron chi connectivity index (χ2n) is 6.81. The van der Waals surface area contributed by atoms with E-state index < -0.39 is 11.9 Å². The van der Waals surface area contributed by atoms with Crippen LogP contribution in [0.3, 0.4) is 0 Å². The van der Waals surface area contributed by atoms with Crippen LogP contribution in [0.15, 0.2) is 52.0 Å². The van der Waals surface area contributed by atoms with Gasteiger partial charge in [-0.15, -0.1) is 0 Å². The summed E-state index contributed by atoms with van der Waals surface area (Å²) in [5, 5.41) is 11.7. The zero-order valence-electron chi connectivity index (χ0n) is 16.6. The van der Waals surface area contributed by atoms with E-state index in [9.17, 15) is 9.59 Å². The van der Waals surface area contributed by atoms with Gasteiger partial charge in [0.05, 0.1) is 25.6 Å². The summed E-state index contributed by atoms with van der Waals surface area (Å²) in [5.74, 6) is -0.710. The molecule has 0 aliphatic carbocycles. The minimum atomic E-state index is -0.966. The van der Waals surface area contributed by atoms with Gasteiger partial charge in [-0.25, -0.2) is 19.8 Å². The highest BCUT2D eigenvalue weighted by atomic mass is 16.5. The van der Waals surface area contributed by atoms with E-state index in [0.717, 1.165) is 11.1 Å². The first kappa shape index (κ1) is 20.1. The summed E-state index contributed by atoms with van der Waals surface area (Å²) in [6.45, 7) is 1.20. The number of fused-ring (bicyclic) bond motifs is 1. The predicted octanol–water partition coefficient (Wildman–Crippen LogP) is 2.38. The third-order valence-corrected chi connectivity index (χ3v) is 4.61. The van der Waals surface area contributed by atoms with Crippen molar-refractivity contribution < 1.29 is 23.8 Å². The number of nitrogens with zero attached hydrogens (tertiary/aromatic N) is 4. The molecule has 3 aromatic rings. The molecule has 0 spiro atoms. The lowest BCUT2D eigenvalue weighted by molar-refractivity contribution is 0.0696. The fraction of sp³-hybridized carbons (Fsp3) is 0.190. The smallest absolute Gasteiger partial charge is 0.335 e. The van der Waals surface area contributed by atoms with Crippen molar-refractivity contribution in [2.75, 3.05) is 7.11 Å². The Morgan fingerprint density at radius 3 is 2.77 bits per heavy atom. The highest BCUT2D eigenvalue weighted by Crippen LogP contribution is 2.26. The molecular formula is C21H19N5O5. The summed E-state index contributed by atoms with van der Waals surface area (Å²) < 4.78 is 10.6. The molecule has 10 nitrogen and oxygen atoms in total. The Morgan fingerprint density at radius 2 is 2.03 bits per heavy atom. The van der Waals surface area contributed by atoms with Crippen molar-refractivity contribution in [1.82, 2.24) is 20.2 Å². The molecule has 0 radical (unpaired) electrons. The molecule has 1 aromatic carbocycles. The van der Waals surface area contributed by atoms with Gasteiger partial charge in [-0.05, 0) is 29.3 Å². The lowest BCUT2D eigenvalue weighted by atomic mass is 10.1. The zero-order valence-corrected chi connectivity index (χ0v) is 16.6. The van der Waals surface area contributed by atoms with Gasteiger partial charge >= 0.3 is 11.9 Å². The predicted molar refractivity (Wildman–Crippen MR) is 109 cm³/mol. The monoisotopic (exact) mass is 421 g/mol. The summed E-state index contributed by atoms with van der Waals surface area (Å²) in [7, 11) is 1.52. The number of nitrogens with one attached hydrogen (secondary N) is 1. The fourth-order valence-corrected chi connectivity index (χ4v) is 3.03. The Hall–Kier alpha value is -4.21. The Morgan fingerprint density at radius 1 is 1.23 bits per heavy atom. The van der Waals surface area contributed by atoms with Crippen LogP contribution in [-0.2, 0) is 19.6 Å². The molecule has 2 N–H and O–H groups in total. The van der Waals surface area contributed by atoms with Gasteiger partial charge in [0.15, 0.2) is 0 Å². The first-order valence-corrected chi connectivity index (χ1v) is 9.39. The summed E-state index contributed by atoms with van der Waals surface area (Å²) in [6.07, 6.45) is 3.21. The summed E-state index contributed by atoms with van der Waals surface area (Å²) >= 11 is 0. The van der Waals surface area contributed by atoms with Gasteiger partial charge in [-0.2, -0.15) is 0 Å². The number of aromatic nitrogens is 2. The van der Waals surface area contributed by atoms with E-state index in [1.165, 1.54) is 7.11 Å². The quantitative estimate of drug-likeness (QED) is 0.595. The lowest BCUT2D eigenvalue weighted by Crippen LogP contribution is -2.24. The fourth-order valence-electron chi connectivity index (χ4n) is 3.03. The van der Waals surface area contributed by atoms with Crippen LogP contribution in [0.1, 0.15) is 37.9 Å². The average molecular weight is 421 g/mol. The van der Waals surface area contributed by atoms with Gasteiger partial charge in [0.2, 0.25) is 11.8 Å². The number of rotatable bonds is 7. The third-order valence-electron chi connectivity index (χ3n) is 4.61. The van der Waals surface area contributed by atoms with Gasteiger partial charge < -0.3 is 24.5 Å². The molecule has 0 atom stereocenters. The number of aromatic carboxylic acids is 1. The molecule has 0 saturated heterocycles. The van der Waals surface area contributed by atoms with Gasteiger partial charge in [-0.3, -0.25) is 4.79 Å². The van der Waals surface area contributed by atoms with Gasteiger partial charge in [0, 0.05) is 25.4 Å². The van der Waals surface area contributed by atoms with Crippen LogP contribution in [0.25, 0.3) is 0 Å². The van der Waals surface area contributed by atoms with Crippen molar-refractivity contribution in [3.05, 3.63) is 70.9 Å². The van der Waals surface area contributed by atoms with Crippen LogP contribution in [0, 0.1) is 0 Å². The second-order valence-corrected chi connectivity index (χ2v) is 6.81. The molecule has 0 bridgehead atoms. The number of pyridine rings is 1. The first-order valence-electron chi connectivity index (χ1n) is 9.39. The molecular weight excluding hydrogens is 402 g/mol. The maximum Gasteiger partial charge on any atom is 0.335 e. The normalized spacial score (nSPS) is 12.4. The number of carboxylic acid groups (broad SMARTS) is 1. The maximum atomic E-state index is 12.4. The van der Waals surface area contributed by atoms with Crippen LogP contribution < -0.4 is 10.1 Å². The Labute approximate surface area is 177 Å². The summed E-state index contributed by atoms with van der Waals surface area (Å²) in [6, 6.07) is 10.1. The van der Waals surface area contributed by atoms with Crippen LogP contribution in [0.2, 0.25) is 0 Å². The van der Waals surface area contributed by atoms with E-state index in [2.05, 4.69) is 20.3 Å². The van der Waals surface area contributed by atoms with E-state index in [1.807, 2.05) is 4.90 Å². The maximum absolute atomic E-state index is 12.4. The van der Waals surface area contributed by atoms with Crippen LogP contribution in [0.4, 0.5) is 5.88 Å². The molecule has 4 rings (SSSR count). The molecule has 0 unspecified atom stereocenters. The molecule has 0 saturated carbocycles. The molecule has 158 valence electrons. The molecule has 10 heteroatoms. The highest BCUT2D eigenvalue weighted by Gasteiger charge is 2.22. The number of oxazole rings is 1. The average Bonchev–Trinajstić information content (AvgIpc) is 3.21. The van der Waals surface area contributed by atoms with Gasteiger partial charge in [0.25, 0.3) is 5.89 Å². The Kier molecular flexibility index (Phi) is 5.61. The topological polar surface area (TPSA) is 130 Å². The summed E-state index contributed by atoms with van der Waals surface area (Å²) in [5.41, 5.74) is 2.54. The molecule has 2 aromatic heterocycles. The molecule has 31 heavy (non-hydrogen) atoms. The minimum absolute atomic E-state index is 0.0594. The number of benzene rings is 1. The summed E-state index contributed by atoms with van der Waals surface area (Å²) in [4.78, 5) is 37.8. The Balaban J connectivity index is 1.37. The molecule has 1 aliphatic rings. The lowest BCUT2D eigenvalue weighted by Gasteiger charge is -2.21. The molecule has 3 heterocycles. The standard InChI is InChI=1S/C21H19N5O5/c1-30-17-8-14(6-7-22-17)9-23-18(27)20-25-16-11-26(12-24-19(16)31-20)10-13-2-4-15(5-3-13)21(28)29/h2-8,12H,9-11H2,1H3,(H,23,27)(H,28,29).